The molecule has 0 aromatic heterocycles. The van der Waals surface area contributed by atoms with Gasteiger partial charge >= 0.3 is 5.97 Å². The number of morpholine rings is 1. The second-order valence-electron chi connectivity index (χ2n) is 5.22. The van der Waals surface area contributed by atoms with E-state index in [4.69, 9.17) is 18.9 Å². The number of hydrogen-bond acceptors (Lipinski definition) is 6. The van der Waals surface area contributed by atoms with Gasteiger partial charge in [0.2, 0.25) is 6.79 Å². The predicted octanol–water partition coefficient (Wildman–Crippen LogP) is 0.845. The number of hydrogen-bond donors (Lipinski definition) is 1. The second kappa shape index (κ2) is 4.02. The van der Waals surface area contributed by atoms with Gasteiger partial charge in [0.05, 0.1) is 13.2 Å². The molecule has 106 valence electrons. The highest BCUT2D eigenvalue weighted by Crippen LogP contribution is 2.50. The van der Waals surface area contributed by atoms with E-state index in [0.717, 1.165) is 33.9 Å². The summed E-state index contributed by atoms with van der Waals surface area (Å²) in [5, 5.41) is 3.29. The summed E-state index contributed by atoms with van der Waals surface area (Å²) in [6.07, 6.45) is 0.547. The summed E-state index contributed by atoms with van der Waals surface area (Å²) < 4.78 is 22.0. The molecule has 6 nitrogen and oxygen atoms in total. The Morgan fingerprint density at radius 1 is 1.20 bits per heavy atom. The van der Waals surface area contributed by atoms with E-state index < -0.39 is 0 Å². The Bertz CT molecular complexity index is 612. The van der Waals surface area contributed by atoms with Crippen molar-refractivity contribution < 1.29 is 23.7 Å². The first-order valence-corrected chi connectivity index (χ1v) is 6.62. The molecule has 4 rings (SSSR count). The van der Waals surface area contributed by atoms with E-state index in [-0.39, 0.29) is 24.8 Å². The highest BCUT2D eigenvalue weighted by Gasteiger charge is 2.42. The van der Waals surface area contributed by atoms with Crippen molar-refractivity contribution in [2.24, 2.45) is 0 Å². The van der Waals surface area contributed by atoms with Crippen LogP contribution >= 0.6 is 0 Å². The molecule has 1 N–H and O–H groups in total. The summed E-state index contributed by atoms with van der Waals surface area (Å²) in [5.74, 6) is 2.07. The molecule has 0 unspecified atom stereocenters. The Morgan fingerprint density at radius 3 is 2.80 bits per heavy atom. The molecule has 0 amide bonds. The number of ether oxygens (including phenoxy) is 4. The van der Waals surface area contributed by atoms with Gasteiger partial charge in [-0.3, -0.25) is 10.1 Å². The van der Waals surface area contributed by atoms with Gasteiger partial charge < -0.3 is 18.9 Å². The quantitative estimate of drug-likeness (QED) is 0.768. The number of cyclic esters (lactones) is 1. The van der Waals surface area contributed by atoms with Crippen LogP contribution < -0.4 is 19.5 Å². The molecule has 0 spiro atoms. The highest BCUT2D eigenvalue weighted by molar-refractivity contribution is 5.79. The second-order valence-corrected chi connectivity index (χ2v) is 5.22. The minimum Gasteiger partial charge on any atom is -0.496 e. The lowest BCUT2D eigenvalue weighted by molar-refractivity contribution is -0.152. The minimum absolute atomic E-state index is 0.0635. The van der Waals surface area contributed by atoms with Crippen LogP contribution in [0.15, 0.2) is 0 Å². The van der Waals surface area contributed by atoms with Crippen LogP contribution in [0.4, 0.5) is 0 Å². The summed E-state index contributed by atoms with van der Waals surface area (Å²) >= 11 is 0. The predicted molar refractivity (Wildman–Crippen MR) is 68.2 cm³/mol. The third-order valence-corrected chi connectivity index (χ3v) is 4.18. The van der Waals surface area contributed by atoms with Gasteiger partial charge in [0.1, 0.15) is 18.4 Å². The largest absolute Gasteiger partial charge is 0.496 e. The van der Waals surface area contributed by atoms with Gasteiger partial charge in [0.25, 0.3) is 0 Å². The van der Waals surface area contributed by atoms with Crippen molar-refractivity contribution in [3.05, 3.63) is 16.7 Å². The molecule has 1 aromatic carbocycles. The molecule has 0 aliphatic carbocycles. The van der Waals surface area contributed by atoms with Gasteiger partial charge in [-0.05, 0) is 6.92 Å². The maximum atomic E-state index is 11.8. The Kier molecular flexibility index (Phi) is 2.38. The van der Waals surface area contributed by atoms with Gasteiger partial charge in [0, 0.05) is 23.1 Å². The topological polar surface area (TPSA) is 66.0 Å². The van der Waals surface area contributed by atoms with Crippen molar-refractivity contribution in [2.75, 3.05) is 20.5 Å². The SMILES string of the molecule is COc1c(C)c2c(c3c1C[C@@H]1N[C@@H]3COC1=O)OCO2. The maximum absolute atomic E-state index is 11.8. The summed E-state index contributed by atoms with van der Waals surface area (Å²) in [6, 6.07) is -0.374. The summed E-state index contributed by atoms with van der Waals surface area (Å²) in [4.78, 5) is 11.8. The number of carbonyl (C=O) groups excluding carboxylic acids is 1. The molecule has 1 aromatic rings. The number of rotatable bonds is 1. The Hall–Kier alpha value is -1.95. The summed E-state index contributed by atoms with van der Waals surface area (Å²) in [5.41, 5.74) is 2.95. The Labute approximate surface area is 115 Å². The van der Waals surface area contributed by atoms with E-state index in [0.29, 0.717) is 13.0 Å². The summed E-state index contributed by atoms with van der Waals surface area (Å²) in [6.45, 7) is 2.47. The van der Waals surface area contributed by atoms with E-state index in [1.54, 1.807) is 7.11 Å². The first-order chi connectivity index (χ1) is 9.70. The molecule has 6 heteroatoms. The van der Waals surface area contributed by atoms with Crippen molar-refractivity contribution in [3.63, 3.8) is 0 Å². The number of benzene rings is 1. The minimum atomic E-state index is -0.310. The van der Waals surface area contributed by atoms with Crippen LogP contribution in [0, 0.1) is 6.92 Å². The third-order valence-electron chi connectivity index (χ3n) is 4.18. The fourth-order valence-electron chi connectivity index (χ4n) is 3.33. The first kappa shape index (κ1) is 11.8. The maximum Gasteiger partial charge on any atom is 0.323 e. The molecule has 2 atom stereocenters. The molecule has 2 bridgehead atoms. The molecule has 1 fully saturated rings. The van der Waals surface area contributed by atoms with Crippen LogP contribution in [0.5, 0.6) is 17.2 Å². The Balaban J connectivity index is 1.97. The molecular weight excluding hydrogens is 262 g/mol. The number of esters is 1. The molecule has 20 heavy (non-hydrogen) atoms. The van der Waals surface area contributed by atoms with Gasteiger partial charge in [-0.25, -0.2) is 0 Å². The standard InChI is InChI=1S/C14H15NO5/c1-6-11(17-2)7-3-8-14(16)18-4-9(15-8)10(7)13-12(6)19-5-20-13/h8-9,15H,3-5H2,1-2H3/t8-,9+/m0/s1. The lowest BCUT2D eigenvalue weighted by Gasteiger charge is -2.37. The van der Waals surface area contributed by atoms with Crippen LogP contribution in [-0.2, 0) is 16.0 Å². The molecule has 1 saturated heterocycles. The number of fused-ring (bicyclic) bond motifs is 6. The normalized spacial score (nSPS) is 26.0. The lowest BCUT2D eigenvalue weighted by Crippen LogP contribution is -2.51. The van der Waals surface area contributed by atoms with Gasteiger partial charge in [-0.1, -0.05) is 0 Å². The van der Waals surface area contributed by atoms with Crippen molar-refractivity contribution in [3.8, 4) is 17.2 Å². The zero-order valence-corrected chi connectivity index (χ0v) is 11.3. The van der Waals surface area contributed by atoms with E-state index in [9.17, 15) is 4.79 Å². The fraction of sp³-hybridized carbons (Fsp3) is 0.500. The van der Waals surface area contributed by atoms with Crippen LogP contribution in [0.3, 0.4) is 0 Å². The van der Waals surface area contributed by atoms with E-state index in [1.807, 2.05) is 6.92 Å². The van der Waals surface area contributed by atoms with Crippen molar-refractivity contribution in [2.45, 2.75) is 25.4 Å². The van der Waals surface area contributed by atoms with Crippen LogP contribution in [0.25, 0.3) is 0 Å². The molecule has 0 saturated carbocycles. The van der Waals surface area contributed by atoms with Crippen molar-refractivity contribution in [1.82, 2.24) is 5.32 Å². The molecular formula is C14H15NO5. The molecule has 3 aliphatic heterocycles. The number of carbonyl (C=O) groups is 1. The summed E-state index contributed by atoms with van der Waals surface area (Å²) in [7, 11) is 1.64. The van der Waals surface area contributed by atoms with E-state index in [2.05, 4.69) is 5.32 Å². The first-order valence-electron chi connectivity index (χ1n) is 6.62. The van der Waals surface area contributed by atoms with Crippen LogP contribution in [0.2, 0.25) is 0 Å². The zero-order valence-electron chi connectivity index (χ0n) is 11.3. The number of nitrogens with one attached hydrogen (secondary N) is 1. The van der Waals surface area contributed by atoms with Gasteiger partial charge in [-0.15, -0.1) is 0 Å². The molecule has 3 heterocycles. The van der Waals surface area contributed by atoms with Crippen LogP contribution in [0.1, 0.15) is 22.7 Å². The Morgan fingerprint density at radius 2 is 2.00 bits per heavy atom. The lowest BCUT2D eigenvalue weighted by atomic mass is 9.86. The van der Waals surface area contributed by atoms with E-state index >= 15 is 0 Å². The smallest absolute Gasteiger partial charge is 0.323 e. The van der Waals surface area contributed by atoms with Gasteiger partial charge in [0.15, 0.2) is 11.5 Å². The average molecular weight is 277 g/mol. The molecule has 0 radical (unpaired) electrons. The average Bonchev–Trinajstić information content (AvgIpc) is 2.93. The molecule has 3 aliphatic rings. The third kappa shape index (κ3) is 1.39. The van der Waals surface area contributed by atoms with E-state index in [1.165, 1.54) is 0 Å². The van der Waals surface area contributed by atoms with Crippen molar-refractivity contribution >= 4 is 5.97 Å². The fourth-order valence-corrected chi connectivity index (χ4v) is 3.33. The van der Waals surface area contributed by atoms with Crippen LogP contribution in [-0.4, -0.2) is 32.5 Å². The zero-order chi connectivity index (χ0) is 13.9. The monoisotopic (exact) mass is 277 g/mol. The number of methoxy groups -OCH3 is 1. The van der Waals surface area contributed by atoms with Crippen molar-refractivity contribution in [1.29, 1.82) is 0 Å². The van der Waals surface area contributed by atoms with Gasteiger partial charge in [-0.2, -0.15) is 0 Å². The highest BCUT2D eigenvalue weighted by atomic mass is 16.7.